The maximum Gasteiger partial charge on any atom is 0.490 e. The van der Waals surface area contributed by atoms with Crippen molar-refractivity contribution in [2.24, 2.45) is 0 Å². The minimum Gasteiger partial charge on any atom is -0.475 e. The SMILES string of the molecule is Nc1ccc(Nc2cc(-c3cccc4c3oc3ccccc34)ncn2)cc1.O=C(O)C(F)(F)F. The molecule has 0 bridgehead atoms. The number of rotatable bonds is 3. The molecule has 0 saturated heterocycles. The smallest absolute Gasteiger partial charge is 0.475 e. The lowest BCUT2D eigenvalue weighted by atomic mass is 10.1. The summed E-state index contributed by atoms with van der Waals surface area (Å²) in [6.45, 7) is 0. The molecule has 0 fully saturated rings. The Balaban J connectivity index is 0.000000344. The molecule has 0 saturated carbocycles. The zero-order valence-electron chi connectivity index (χ0n) is 17.4. The van der Waals surface area contributed by atoms with Gasteiger partial charge in [-0.2, -0.15) is 13.2 Å². The summed E-state index contributed by atoms with van der Waals surface area (Å²) in [6.07, 6.45) is -3.53. The fourth-order valence-corrected chi connectivity index (χ4v) is 3.24. The van der Waals surface area contributed by atoms with Crippen LogP contribution < -0.4 is 11.1 Å². The molecule has 10 heteroatoms. The number of nitrogens with zero attached hydrogens (tertiary/aromatic N) is 2. The highest BCUT2D eigenvalue weighted by atomic mass is 19.4. The van der Waals surface area contributed by atoms with Crippen LogP contribution in [-0.4, -0.2) is 27.2 Å². The van der Waals surface area contributed by atoms with Gasteiger partial charge >= 0.3 is 12.1 Å². The molecule has 2 aromatic heterocycles. The molecule has 7 nitrogen and oxygen atoms in total. The zero-order chi connectivity index (χ0) is 24.3. The molecule has 172 valence electrons. The third kappa shape index (κ3) is 4.90. The van der Waals surface area contributed by atoms with Crippen molar-refractivity contribution in [1.82, 2.24) is 9.97 Å². The van der Waals surface area contributed by atoms with E-state index in [2.05, 4.69) is 27.4 Å². The highest BCUT2D eigenvalue weighted by Gasteiger charge is 2.38. The lowest BCUT2D eigenvalue weighted by Crippen LogP contribution is -2.21. The minimum absolute atomic E-state index is 0.706. The number of fused-ring (bicyclic) bond motifs is 3. The molecule has 4 N–H and O–H groups in total. The number of halogens is 3. The number of nitrogens with two attached hydrogens (primary N) is 1. The standard InChI is InChI=1S/C22H16N4O.C2HF3O2/c23-14-8-10-15(11-9-14)26-21-12-19(24-13-25-21)18-6-3-5-17-16-4-1-2-7-20(16)27-22(17)18;3-2(4,5)1(6)7/h1-13H,23H2,(H,24,25,26);(H,6,7). The van der Waals surface area contributed by atoms with E-state index >= 15 is 0 Å². The van der Waals surface area contributed by atoms with Gasteiger partial charge in [-0.05, 0) is 36.4 Å². The normalized spacial score (nSPS) is 11.1. The number of hydrogen-bond donors (Lipinski definition) is 3. The van der Waals surface area contributed by atoms with Gasteiger partial charge in [0, 0.05) is 33.8 Å². The van der Waals surface area contributed by atoms with Gasteiger partial charge in [0.15, 0.2) is 0 Å². The number of anilines is 3. The van der Waals surface area contributed by atoms with Crippen LogP contribution in [0.2, 0.25) is 0 Å². The van der Waals surface area contributed by atoms with E-state index in [1.165, 1.54) is 0 Å². The van der Waals surface area contributed by atoms with E-state index in [9.17, 15) is 13.2 Å². The predicted molar refractivity (Wildman–Crippen MR) is 123 cm³/mol. The number of aromatic nitrogens is 2. The summed E-state index contributed by atoms with van der Waals surface area (Å²) < 4.78 is 37.9. The van der Waals surface area contributed by atoms with Gasteiger partial charge in [0.2, 0.25) is 0 Å². The number of carboxylic acid groups (broad SMARTS) is 1. The molecule has 0 aliphatic heterocycles. The van der Waals surface area contributed by atoms with E-state index in [0.717, 1.165) is 44.6 Å². The number of carboxylic acids is 1. The number of alkyl halides is 3. The van der Waals surface area contributed by atoms with Crippen LogP contribution >= 0.6 is 0 Å². The van der Waals surface area contributed by atoms with Gasteiger partial charge in [-0.1, -0.05) is 30.3 Å². The van der Waals surface area contributed by atoms with Gasteiger partial charge in [0.05, 0.1) is 5.69 Å². The molecule has 2 heterocycles. The van der Waals surface area contributed by atoms with Crippen molar-refractivity contribution >= 4 is 45.1 Å². The number of furan rings is 1. The van der Waals surface area contributed by atoms with Gasteiger partial charge in [-0.15, -0.1) is 0 Å². The van der Waals surface area contributed by atoms with Crippen molar-refractivity contribution < 1.29 is 27.5 Å². The van der Waals surface area contributed by atoms with Crippen LogP contribution in [-0.2, 0) is 4.79 Å². The summed E-state index contributed by atoms with van der Waals surface area (Å²) in [5.41, 5.74) is 10.8. The van der Waals surface area contributed by atoms with Crippen molar-refractivity contribution in [3.05, 3.63) is 79.1 Å². The average molecular weight is 466 g/mol. The van der Waals surface area contributed by atoms with Gasteiger partial charge in [-0.25, -0.2) is 14.8 Å². The summed E-state index contributed by atoms with van der Waals surface area (Å²) in [7, 11) is 0. The molecule has 0 aliphatic carbocycles. The number of nitrogen functional groups attached to an aromatic ring is 1. The number of nitrogens with one attached hydrogen (secondary N) is 1. The number of hydrogen-bond acceptors (Lipinski definition) is 6. The third-order valence-electron chi connectivity index (χ3n) is 4.77. The Morgan fingerprint density at radius 1 is 0.941 bits per heavy atom. The second-order valence-corrected chi connectivity index (χ2v) is 7.12. The minimum atomic E-state index is -5.08. The van der Waals surface area contributed by atoms with E-state index in [-0.39, 0.29) is 0 Å². The summed E-state index contributed by atoms with van der Waals surface area (Å²) in [5.74, 6) is -2.05. The van der Waals surface area contributed by atoms with Gasteiger partial charge in [-0.3, -0.25) is 0 Å². The van der Waals surface area contributed by atoms with Crippen LogP contribution in [0.25, 0.3) is 33.2 Å². The maximum absolute atomic E-state index is 10.6. The molecule has 5 aromatic rings. The van der Waals surface area contributed by atoms with Gasteiger partial charge in [0.1, 0.15) is 23.3 Å². The van der Waals surface area contributed by atoms with Gasteiger partial charge in [0.25, 0.3) is 0 Å². The highest BCUT2D eigenvalue weighted by molar-refractivity contribution is 6.09. The average Bonchev–Trinajstić information content (AvgIpc) is 3.19. The Hall–Kier alpha value is -4.60. The Kier molecular flexibility index (Phi) is 6.05. The van der Waals surface area contributed by atoms with Crippen LogP contribution in [0.3, 0.4) is 0 Å². The maximum atomic E-state index is 10.6. The molecule has 0 unspecified atom stereocenters. The first kappa shape index (κ1) is 22.6. The Morgan fingerprint density at radius 2 is 1.62 bits per heavy atom. The summed E-state index contributed by atoms with van der Waals surface area (Å²) in [4.78, 5) is 17.7. The fraction of sp³-hybridized carbons (Fsp3) is 0.0417. The van der Waals surface area contributed by atoms with Crippen molar-refractivity contribution in [2.45, 2.75) is 6.18 Å². The molecule has 0 atom stereocenters. The zero-order valence-corrected chi connectivity index (χ0v) is 17.4. The van der Waals surface area contributed by atoms with Crippen LogP contribution in [0.1, 0.15) is 0 Å². The number of benzene rings is 3. The van der Waals surface area contributed by atoms with Crippen molar-refractivity contribution in [3.8, 4) is 11.3 Å². The van der Waals surface area contributed by atoms with E-state index in [4.69, 9.17) is 20.1 Å². The Labute approximate surface area is 190 Å². The first-order valence-corrected chi connectivity index (χ1v) is 9.88. The van der Waals surface area contributed by atoms with Crippen molar-refractivity contribution in [1.29, 1.82) is 0 Å². The molecular formula is C24H17F3N4O3. The molecule has 0 radical (unpaired) electrons. The van der Waals surface area contributed by atoms with Gasteiger partial charge < -0.3 is 20.6 Å². The molecule has 0 aliphatic rings. The van der Waals surface area contributed by atoms with Crippen LogP contribution in [0.4, 0.5) is 30.4 Å². The summed E-state index contributed by atoms with van der Waals surface area (Å²) in [6, 6.07) is 23.6. The first-order valence-electron chi connectivity index (χ1n) is 9.88. The monoisotopic (exact) mass is 466 g/mol. The fourth-order valence-electron chi connectivity index (χ4n) is 3.24. The molecular weight excluding hydrogens is 449 g/mol. The number of carbonyl (C=O) groups is 1. The van der Waals surface area contributed by atoms with Crippen molar-refractivity contribution in [3.63, 3.8) is 0 Å². The number of para-hydroxylation sites is 2. The van der Waals surface area contributed by atoms with Crippen molar-refractivity contribution in [2.75, 3.05) is 11.1 Å². The number of aliphatic carboxylic acids is 1. The molecule has 0 spiro atoms. The van der Waals surface area contributed by atoms with Crippen LogP contribution in [0, 0.1) is 0 Å². The second kappa shape index (κ2) is 9.10. The largest absolute Gasteiger partial charge is 0.490 e. The first-order chi connectivity index (χ1) is 16.2. The molecule has 0 amide bonds. The lowest BCUT2D eigenvalue weighted by molar-refractivity contribution is -0.192. The Bertz CT molecular complexity index is 1460. The quantitative estimate of drug-likeness (QED) is 0.279. The predicted octanol–water partition coefficient (Wildman–Crippen LogP) is 6.00. The lowest BCUT2D eigenvalue weighted by Gasteiger charge is -2.07. The highest BCUT2D eigenvalue weighted by Crippen LogP contribution is 2.35. The topological polar surface area (TPSA) is 114 Å². The van der Waals surface area contributed by atoms with E-state index in [0.29, 0.717) is 5.82 Å². The van der Waals surface area contributed by atoms with E-state index < -0.39 is 12.1 Å². The molecule has 5 rings (SSSR count). The van der Waals surface area contributed by atoms with E-state index in [1.54, 1.807) is 6.33 Å². The molecule has 3 aromatic carbocycles. The van der Waals surface area contributed by atoms with Crippen LogP contribution in [0.5, 0.6) is 0 Å². The van der Waals surface area contributed by atoms with E-state index in [1.807, 2.05) is 60.7 Å². The molecule has 34 heavy (non-hydrogen) atoms. The third-order valence-corrected chi connectivity index (χ3v) is 4.77. The van der Waals surface area contributed by atoms with Crippen LogP contribution in [0.15, 0.2) is 83.5 Å². The summed E-state index contributed by atoms with van der Waals surface area (Å²) in [5, 5.41) is 12.6. The second-order valence-electron chi connectivity index (χ2n) is 7.12. The summed E-state index contributed by atoms with van der Waals surface area (Å²) >= 11 is 0. The Morgan fingerprint density at radius 3 is 2.32 bits per heavy atom.